The number of phenols is 1. The molecule has 228 valence electrons. The fourth-order valence-corrected chi connectivity index (χ4v) is 6.22. The first-order valence-corrected chi connectivity index (χ1v) is 13.5. The van der Waals surface area contributed by atoms with Crippen molar-refractivity contribution in [2.24, 2.45) is 23.0 Å². The monoisotopic (exact) mass is 586 g/mol. The number of nitrogens with one attached hydrogen (secondary N) is 1. The Morgan fingerprint density at radius 3 is 2.29 bits per heavy atom. The number of primary amides is 1. The molecular formula is C29H38N4O9. The Hall–Kier alpha value is -4.10. The zero-order chi connectivity index (χ0) is 31.6. The molecule has 3 aliphatic rings. The highest BCUT2D eigenvalue weighted by Crippen LogP contribution is 2.53. The van der Waals surface area contributed by atoms with E-state index in [1.807, 2.05) is 20.8 Å². The molecule has 4 atom stereocenters. The molecule has 7 N–H and O–H groups in total. The van der Waals surface area contributed by atoms with E-state index >= 15 is 0 Å². The summed E-state index contributed by atoms with van der Waals surface area (Å²) in [5.41, 5.74) is 1.76. The van der Waals surface area contributed by atoms with Crippen molar-refractivity contribution in [3.63, 3.8) is 0 Å². The van der Waals surface area contributed by atoms with Crippen LogP contribution in [0, 0.1) is 17.3 Å². The summed E-state index contributed by atoms with van der Waals surface area (Å²) < 4.78 is 5.25. The third-order valence-electron chi connectivity index (χ3n) is 8.05. The van der Waals surface area contributed by atoms with Crippen LogP contribution in [0.15, 0.2) is 28.7 Å². The van der Waals surface area contributed by atoms with E-state index in [0.717, 1.165) is 0 Å². The Balaban J connectivity index is 1.87. The molecule has 42 heavy (non-hydrogen) atoms. The number of phenolic OH excluding ortho intramolecular Hbond substituents is 1. The van der Waals surface area contributed by atoms with E-state index in [1.165, 1.54) is 11.0 Å². The number of fused-ring (bicyclic) bond motifs is 3. The van der Waals surface area contributed by atoms with Crippen LogP contribution in [-0.2, 0) is 20.7 Å². The highest BCUT2D eigenvalue weighted by atomic mass is 16.5. The van der Waals surface area contributed by atoms with Gasteiger partial charge in [-0.05, 0) is 49.9 Å². The van der Waals surface area contributed by atoms with E-state index in [1.54, 1.807) is 33.1 Å². The van der Waals surface area contributed by atoms with E-state index in [9.17, 15) is 39.6 Å². The molecule has 4 rings (SSSR count). The number of ether oxygens (including phenoxy) is 1. The van der Waals surface area contributed by atoms with Gasteiger partial charge < -0.3 is 35.8 Å². The first-order chi connectivity index (χ1) is 19.3. The van der Waals surface area contributed by atoms with Gasteiger partial charge in [0.25, 0.3) is 5.91 Å². The number of rotatable bonds is 5. The fourth-order valence-electron chi connectivity index (χ4n) is 6.22. The number of aromatic hydroxyl groups is 1. The van der Waals surface area contributed by atoms with Crippen molar-refractivity contribution < 1.29 is 44.3 Å². The predicted molar refractivity (Wildman–Crippen MR) is 152 cm³/mol. The van der Waals surface area contributed by atoms with Crippen molar-refractivity contribution in [3.8, 4) is 5.75 Å². The van der Waals surface area contributed by atoms with Gasteiger partial charge in [-0.1, -0.05) is 20.8 Å². The second-order valence-electron chi connectivity index (χ2n) is 12.8. The summed E-state index contributed by atoms with van der Waals surface area (Å²) in [5, 5.41) is 47.8. The number of aliphatic hydroxyl groups is 3. The van der Waals surface area contributed by atoms with Crippen LogP contribution in [0.4, 0.5) is 16.2 Å². The van der Waals surface area contributed by atoms with Gasteiger partial charge in [0.1, 0.15) is 17.1 Å². The number of allylic oxidation sites excluding steroid dienone is 1. The van der Waals surface area contributed by atoms with Crippen LogP contribution in [0.5, 0.6) is 5.75 Å². The van der Waals surface area contributed by atoms with Crippen molar-refractivity contribution in [3.05, 3.63) is 39.9 Å². The van der Waals surface area contributed by atoms with Gasteiger partial charge in [0.2, 0.25) is 5.78 Å². The maximum atomic E-state index is 14.0. The average Bonchev–Trinajstić information content (AvgIpc) is 2.85. The van der Waals surface area contributed by atoms with E-state index < -0.39 is 69.9 Å². The second-order valence-corrected chi connectivity index (χ2v) is 12.8. The lowest BCUT2D eigenvalue weighted by Crippen LogP contribution is -2.63. The highest BCUT2D eigenvalue weighted by Gasteiger charge is 2.63. The lowest BCUT2D eigenvalue weighted by molar-refractivity contribution is -0.148. The van der Waals surface area contributed by atoms with Gasteiger partial charge in [0, 0.05) is 31.3 Å². The molecule has 1 aromatic rings. The predicted octanol–water partition coefficient (Wildman–Crippen LogP) is 1.78. The quantitative estimate of drug-likeness (QED) is 0.217. The number of amides is 2. The van der Waals surface area contributed by atoms with Crippen LogP contribution in [0.3, 0.4) is 0 Å². The smallest absolute Gasteiger partial charge is 0.411 e. The van der Waals surface area contributed by atoms with Crippen LogP contribution >= 0.6 is 0 Å². The maximum absolute atomic E-state index is 14.0. The SMILES string of the molecule is CN(C)c1cc(NC(=O)OCC(C)(C)C)c(O)c2c1C[C@H]1C[C@H]3[C@H](N(C)C)C(O)=C(C(N)=O)C(=O)[C@@]3(O)C(O)=C1C2=O. The third-order valence-corrected chi connectivity index (χ3v) is 8.05. The molecule has 0 saturated heterocycles. The number of aliphatic hydroxyl groups excluding tert-OH is 2. The largest absolute Gasteiger partial charge is 0.510 e. The number of anilines is 2. The number of hydrogen-bond acceptors (Lipinski definition) is 11. The zero-order valence-corrected chi connectivity index (χ0v) is 24.7. The molecule has 0 saturated carbocycles. The summed E-state index contributed by atoms with van der Waals surface area (Å²) in [6, 6.07) is 0.427. The van der Waals surface area contributed by atoms with Crippen molar-refractivity contribution >= 4 is 34.9 Å². The van der Waals surface area contributed by atoms with E-state index in [2.05, 4.69) is 5.32 Å². The van der Waals surface area contributed by atoms with E-state index in [-0.39, 0.29) is 41.7 Å². The summed E-state index contributed by atoms with van der Waals surface area (Å²) in [6.45, 7) is 5.71. The molecule has 2 amide bonds. The highest BCUT2D eigenvalue weighted by molar-refractivity contribution is 6.25. The third kappa shape index (κ3) is 4.75. The Kier molecular flexibility index (Phi) is 7.58. The number of nitrogens with two attached hydrogens (primary N) is 1. The minimum Gasteiger partial charge on any atom is -0.510 e. The summed E-state index contributed by atoms with van der Waals surface area (Å²) in [4.78, 5) is 55.4. The second kappa shape index (κ2) is 10.3. The average molecular weight is 587 g/mol. The topological polar surface area (TPSA) is 203 Å². The van der Waals surface area contributed by atoms with Crippen LogP contribution < -0.4 is 16.0 Å². The molecule has 0 fully saturated rings. The molecule has 0 spiro atoms. The van der Waals surface area contributed by atoms with Gasteiger partial charge in [0.15, 0.2) is 17.1 Å². The van der Waals surface area contributed by atoms with Crippen LogP contribution in [0.25, 0.3) is 0 Å². The Bertz CT molecular complexity index is 1450. The molecule has 13 heteroatoms. The van der Waals surface area contributed by atoms with Gasteiger partial charge in [-0.2, -0.15) is 0 Å². The number of benzene rings is 1. The summed E-state index contributed by atoms with van der Waals surface area (Å²) >= 11 is 0. The minimum absolute atomic E-state index is 0.0292. The number of nitrogens with zero attached hydrogens (tertiary/aromatic N) is 2. The number of ketones is 2. The van der Waals surface area contributed by atoms with Crippen molar-refractivity contribution in [2.75, 3.05) is 45.0 Å². The molecule has 0 aromatic heterocycles. The lowest BCUT2D eigenvalue weighted by atomic mass is 9.58. The van der Waals surface area contributed by atoms with E-state index in [0.29, 0.717) is 11.3 Å². The molecular weight excluding hydrogens is 548 g/mol. The van der Waals surface area contributed by atoms with E-state index in [4.69, 9.17) is 10.5 Å². The number of hydrogen-bond donors (Lipinski definition) is 6. The first kappa shape index (κ1) is 30.8. The van der Waals surface area contributed by atoms with Gasteiger partial charge >= 0.3 is 6.09 Å². The maximum Gasteiger partial charge on any atom is 0.411 e. The minimum atomic E-state index is -2.74. The van der Waals surface area contributed by atoms with Crippen molar-refractivity contribution in [1.82, 2.24) is 4.90 Å². The molecule has 13 nitrogen and oxygen atoms in total. The number of carbonyl (C=O) groups is 4. The van der Waals surface area contributed by atoms with Gasteiger partial charge in [0.05, 0.1) is 23.9 Å². The molecule has 3 aliphatic carbocycles. The molecule has 0 bridgehead atoms. The number of carbonyl (C=O) groups excluding carboxylic acids is 4. The van der Waals surface area contributed by atoms with Gasteiger partial charge in [-0.25, -0.2) is 4.79 Å². The fraction of sp³-hybridized carbons (Fsp3) is 0.517. The standard InChI is InChI=1S/C29H38N4O9/c1-28(2,3)11-42-27(40)31-15-10-16(32(4)5)13-8-12-9-14-20(33(6)7)23(36)19(26(30)39)25(38)29(14,41)24(37)17(12)22(35)18(13)21(15)34/h10,12,14,20,34,36-37,41H,8-9,11H2,1-7H3,(H2,30,39)(H,31,40)/t12-,14-,20-,29-/m0/s1. The van der Waals surface area contributed by atoms with Crippen LogP contribution in [-0.4, -0.2) is 95.3 Å². The Morgan fingerprint density at radius 2 is 1.76 bits per heavy atom. The molecule has 0 heterocycles. The number of likely N-dealkylation sites (N-methyl/N-ethyl adjacent to an activating group) is 1. The molecule has 0 aliphatic heterocycles. The molecule has 1 aromatic carbocycles. The Labute approximate surface area is 243 Å². The summed E-state index contributed by atoms with van der Waals surface area (Å²) in [7, 11) is 6.57. The zero-order valence-electron chi connectivity index (χ0n) is 24.7. The van der Waals surface area contributed by atoms with Crippen molar-refractivity contribution in [1.29, 1.82) is 0 Å². The van der Waals surface area contributed by atoms with Gasteiger partial charge in [-0.15, -0.1) is 0 Å². The summed E-state index contributed by atoms with van der Waals surface area (Å²) in [6.07, 6.45) is -0.765. The number of Topliss-reactive ketones (excluding diaryl/α,β-unsaturated/α-hetero) is 2. The Morgan fingerprint density at radius 1 is 1.14 bits per heavy atom. The van der Waals surface area contributed by atoms with Crippen LogP contribution in [0.2, 0.25) is 0 Å². The normalized spacial score (nSPS) is 25.6. The first-order valence-electron chi connectivity index (χ1n) is 13.5. The van der Waals surface area contributed by atoms with Crippen molar-refractivity contribution in [2.45, 2.75) is 45.3 Å². The van der Waals surface area contributed by atoms with Gasteiger partial charge in [-0.3, -0.25) is 24.6 Å². The molecule has 0 radical (unpaired) electrons. The lowest BCUT2D eigenvalue weighted by Gasteiger charge is -2.50. The van der Waals surface area contributed by atoms with Crippen LogP contribution in [0.1, 0.15) is 43.1 Å². The summed E-state index contributed by atoms with van der Waals surface area (Å²) in [5.74, 6) is -7.47. The molecule has 0 unspecified atom stereocenters.